The highest BCUT2D eigenvalue weighted by molar-refractivity contribution is 6.30. The number of benzene rings is 1. The summed E-state index contributed by atoms with van der Waals surface area (Å²) in [5.41, 5.74) is 1.46. The predicted molar refractivity (Wildman–Crippen MR) is 85.9 cm³/mol. The summed E-state index contributed by atoms with van der Waals surface area (Å²) in [4.78, 5) is 18.1. The molecule has 4 nitrogen and oxygen atoms in total. The molecule has 2 amide bonds. The first-order valence-electron chi connectivity index (χ1n) is 7.72. The Morgan fingerprint density at radius 3 is 2.92 bits per heavy atom. The van der Waals surface area contributed by atoms with Crippen molar-refractivity contribution in [2.45, 2.75) is 31.3 Å². The highest BCUT2D eigenvalue weighted by Gasteiger charge is 2.43. The highest BCUT2D eigenvalue weighted by atomic mass is 35.5. The maximum atomic E-state index is 13.9. The number of urea groups is 1. The van der Waals surface area contributed by atoms with Crippen LogP contribution in [0, 0.1) is 11.8 Å². The van der Waals surface area contributed by atoms with Crippen molar-refractivity contribution in [1.82, 2.24) is 9.88 Å². The van der Waals surface area contributed by atoms with E-state index >= 15 is 0 Å². The number of anilines is 1. The van der Waals surface area contributed by atoms with E-state index in [-0.39, 0.29) is 28.8 Å². The van der Waals surface area contributed by atoms with Gasteiger partial charge in [-0.3, -0.25) is 0 Å². The molecule has 4 rings (SSSR count). The average Bonchev–Trinajstić information content (AvgIpc) is 2.86. The standard InChI is InChI=1S/C17H14ClF2N3O/c18-9-1-3-14(13(19)7-9)22-17(24)23-10-2-4-15(23)11-5-6-21-16(20)12(11)8-10/h1,3,5-7,10,15H,2,4,8H2,(H,22,24). The highest BCUT2D eigenvalue weighted by Crippen LogP contribution is 2.44. The zero-order valence-corrected chi connectivity index (χ0v) is 13.4. The monoisotopic (exact) mass is 349 g/mol. The van der Waals surface area contributed by atoms with Crippen LogP contribution in [0.15, 0.2) is 30.5 Å². The van der Waals surface area contributed by atoms with E-state index < -0.39 is 11.8 Å². The van der Waals surface area contributed by atoms with Crippen LogP contribution < -0.4 is 5.32 Å². The molecule has 1 aromatic heterocycles. The van der Waals surface area contributed by atoms with Crippen molar-refractivity contribution in [2.24, 2.45) is 0 Å². The van der Waals surface area contributed by atoms with Gasteiger partial charge in [-0.1, -0.05) is 11.6 Å². The Morgan fingerprint density at radius 2 is 2.12 bits per heavy atom. The molecule has 1 fully saturated rings. The van der Waals surface area contributed by atoms with Crippen molar-refractivity contribution in [3.8, 4) is 0 Å². The van der Waals surface area contributed by atoms with Crippen molar-refractivity contribution in [3.05, 3.63) is 58.4 Å². The summed E-state index contributed by atoms with van der Waals surface area (Å²) in [5, 5.41) is 2.86. The number of pyridine rings is 1. The number of hydrogen-bond acceptors (Lipinski definition) is 2. The molecule has 2 bridgehead atoms. The summed E-state index contributed by atoms with van der Waals surface area (Å²) in [7, 11) is 0. The molecular formula is C17H14ClF2N3O. The number of nitrogens with one attached hydrogen (secondary N) is 1. The molecule has 0 spiro atoms. The van der Waals surface area contributed by atoms with Gasteiger partial charge in [-0.25, -0.2) is 14.2 Å². The molecule has 3 heterocycles. The van der Waals surface area contributed by atoms with Gasteiger partial charge in [-0.05, 0) is 49.1 Å². The van der Waals surface area contributed by atoms with Gasteiger partial charge in [0.05, 0.1) is 11.7 Å². The SMILES string of the molecule is O=C(Nc1ccc(Cl)cc1F)N1C2CCC1c1ccnc(F)c1C2. The maximum absolute atomic E-state index is 13.9. The van der Waals surface area contributed by atoms with Gasteiger partial charge in [0.25, 0.3) is 0 Å². The Hall–Kier alpha value is -2.21. The molecule has 2 atom stereocenters. The van der Waals surface area contributed by atoms with E-state index in [9.17, 15) is 13.6 Å². The second kappa shape index (κ2) is 5.70. The average molecular weight is 350 g/mol. The van der Waals surface area contributed by atoms with E-state index in [1.165, 1.54) is 18.3 Å². The van der Waals surface area contributed by atoms with E-state index in [1.807, 2.05) is 0 Å². The lowest BCUT2D eigenvalue weighted by atomic mass is 9.95. The number of nitrogens with zero attached hydrogens (tertiary/aromatic N) is 2. The molecule has 1 N–H and O–H groups in total. The van der Waals surface area contributed by atoms with Gasteiger partial charge in [0.15, 0.2) is 0 Å². The molecule has 0 radical (unpaired) electrons. The Kier molecular flexibility index (Phi) is 3.64. The van der Waals surface area contributed by atoms with Gasteiger partial charge in [-0.2, -0.15) is 4.39 Å². The lowest BCUT2D eigenvalue weighted by Gasteiger charge is -2.36. The number of rotatable bonds is 1. The Labute approximate surface area is 142 Å². The third-order valence-electron chi connectivity index (χ3n) is 4.75. The smallest absolute Gasteiger partial charge is 0.314 e. The van der Waals surface area contributed by atoms with Gasteiger partial charge in [0.1, 0.15) is 5.82 Å². The Morgan fingerprint density at radius 1 is 1.29 bits per heavy atom. The fourth-order valence-corrected chi connectivity index (χ4v) is 3.86. The number of carbonyl (C=O) groups excluding carboxylic acids is 1. The lowest BCUT2D eigenvalue weighted by molar-refractivity contribution is 0.178. The van der Waals surface area contributed by atoms with E-state index in [0.717, 1.165) is 24.5 Å². The molecule has 124 valence electrons. The molecule has 7 heteroatoms. The van der Waals surface area contributed by atoms with Gasteiger partial charge in [-0.15, -0.1) is 0 Å². The second-order valence-electron chi connectivity index (χ2n) is 6.08. The number of fused-ring (bicyclic) bond motifs is 4. The number of amides is 2. The van der Waals surface area contributed by atoms with E-state index in [2.05, 4.69) is 10.3 Å². The topological polar surface area (TPSA) is 45.2 Å². The molecule has 2 aliphatic rings. The van der Waals surface area contributed by atoms with Crippen LogP contribution in [0.1, 0.15) is 30.0 Å². The zero-order valence-electron chi connectivity index (χ0n) is 12.6. The molecule has 1 aromatic carbocycles. The van der Waals surface area contributed by atoms with Gasteiger partial charge >= 0.3 is 6.03 Å². The van der Waals surface area contributed by atoms with Crippen molar-refractivity contribution >= 4 is 23.3 Å². The number of aromatic nitrogens is 1. The van der Waals surface area contributed by atoms with Crippen LogP contribution in [0.4, 0.5) is 19.3 Å². The first kappa shape index (κ1) is 15.3. The summed E-state index contributed by atoms with van der Waals surface area (Å²) in [6.45, 7) is 0. The first-order chi connectivity index (χ1) is 11.5. The minimum atomic E-state index is -0.587. The minimum absolute atomic E-state index is 0.0792. The van der Waals surface area contributed by atoms with Crippen LogP contribution in [0.25, 0.3) is 0 Å². The van der Waals surface area contributed by atoms with Crippen molar-refractivity contribution < 1.29 is 13.6 Å². The summed E-state index contributed by atoms with van der Waals surface area (Å²) >= 11 is 5.73. The zero-order chi connectivity index (χ0) is 16.8. The van der Waals surface area contributed by atoms with Gasteiger partial charge in [0, 0.05) is 22.8 Å². The van der Waals surface area contributed by atoms with Crippen LogP contribution in [-0.4, -0.2) is 22.0 Å². The van der Waals surface area contributed by atoms with E-state index in [1.54, 1.807) is 11.0 Å². The second-order valence-corrected chi connectivity index (χ2v) is 6.52. The molecule has 0 aliphatic carbocycles. The molecule has 1 saturated heterocycles. The van der Waals surface area contributed by atoms with Crippen LogP contribution in [0.3, 0.4) is 0 Å². The summed E-state index contributed by atoms with van der Waals surface area (Å²) in [6.07, 6.45) is 3.40. The number of hydrogen-bond donors (Lipinski definition) is 1. The number of halogens is 3. The molecule has 0 saturated carbocycles. The fourth-order valence-electron chi connectivity index (χ4n) is 3.70. The molecule has 2 aliphatic heterocycles. The van der Waals surface area contributed by atoms with E-state index in [4.69, 9.17) is 11.6 Å². The van der Waals surface area contributed by atoms with Gasteiger partial charge in [0.2, 0.25) is 5.95 Å². The molecule has 24 heavy (non-hydrogen) atoms. The largest absolute Gasteiger partial charge is 0.322 e. The summed E-state index contributed by atoms with van der Waals surface area (Å²) in [6, 6.07) is 5.17. The van der Waals surface area contributed by atoms with Crippen molar-refractivity contribution in [2.75, 3.05) is 5.32 Å². The first-order valence-corrected chi connectivity index (χ1v) is 8.10. The normalized spacial score (nSPS) is 21.5. The lowest BCUT2D eigenvalue weighted by Crippen LogP contribution is -2.44. The quantitative estimate of drug-likeness (QED) is 0.780. The Balaban J connectivity index is 1.62. The molecule has 2 unspecified atom stereocenters. The van der Waals surface area contributed by atoms with Gasteiger partial charge < -0.3 is 10.2 Å². The third-order valence-corrected chi connectivity index (χ3v) is 4.98. The summed E-state index contributed by atoms with van der Waals surface area (Å²) < 4.78 is 27.8. The number of carbonyl (C=O) groups is 1. The third kappa shape index (κ3) is 2.41. The maximum Gasteiger partial charge on any atom is 0.322 e. The molecule has 2 aromatic rings. The van der Waals surface area contributed by atoms with Crippen molar-refractivity contribution in [3.63, 3.8) is 0 Å². The predicted octanol–water partition coefficient (Wildman–Crippen LogP) is 4.31. The van der Waals surface area contributed by atoms with Crippen molar-refractivity contribution in [1.29, 1.82) is 0 Å². The minimum Gasteiger partial charge on any atom is -0.314 e. The van der Waals surface area contributed by atoms with Crippen LogP contribution in [0.5, 0.6) is 0 Å². The van der Waals surface area contributed by atoms with Crippen LogP contribution in [-0.2, 0) is 6.42 Å². The molecular weight excluding hydrogens is 336 g/mol. The van der Waals surface area contributed by atoms with Crippen LogP contribution in [0.2, 0.25) is 5.02 Å². The fraction of sp³-hybridized carbons (Fsp3) is 0.294. The van der Waals surface area contributed by atoms with E-state index in [0.29, 0.717) is 12.0 Å². The summed E-state index contributed by atoms with van der Waals surface area (Å²) in [5.74, 6) is -1.05. The Bertz CT molecular complexity index is 829. The van der Waals surface area contributed by atoms with Crippen LogP contribution >= 0.6 is 11.6 Å².